The number of ether oxygens (including phenoxy) is 1. The summed E-state index contributed by atoms with van der Waals surface area (Å²) in [6.45, 7) is 1.95. The van der Waals surface area contributed by atoms with Gasteiger partial charge in [0.15, 0.2) is 0 Å². The molecular formula is C14H16BrFN4O2. The van der Waals surface area contributed by atoms with Crippen LogP contribution < -0.4 is 15.4 Å². The maximum absolute atomic E-state index is 13.5. The van der Waals surface area contributed by atoms with Gasteiger partial charge in [-0.1, -0.05) is 6.92 Å². The number of nitrogens with zero attached hydrogens (tertiary/aromatic N) is 2. The number of hydrogen-bond donors (Lipinski definition) is 2. The number of anilines is 2. The average molecular weight is 371 g/mol. The van der Waals surface area contributed by atoms with Gasteiger partial charge < -0.3 is 15.4 Å². The number of methoxy groups -OCH3 is 1. The zero-order valence-electron chi connectivity index (χ0n) is 12.4. The van der Waals surface area contributed by atoms with Gasteiger partial charge in [-0.25, -0.2) is 9.18 Å². The number of aryl methyl sites for hydroxylation is 2. The molecule has 0 fully saturated rings. The minimum atomic E-state index is -0.469. The minimum Gasteiger partial charge on any atom is -0.494 e. The maximum atomic E-state index is 13.5. The summed E-state index contributed by atoms with van der Waals surface area (Å²) in [5.41, 5.74) is 1.77. The Balaban J connectivity index is 2.17. The number of urea groups is 1. The Morgan fingerprint density at radius 2 is 2.09 bits per heavy atom. The summed E-state index contributed by atoms with van der Waals surface area (Å²) in [4.78, 5) is 12.1. The lowest BCUT2D eigenvalue weighted by molar-refractivity contribution is 0.262. The number of amides is 2. The first-order valence-electron chi connectivity index (χ1n) is 6.58. The van der Waals surface area contributed by atoms with Gasteiger partial charge in [0, 0.05) is 19.3 Å². The third-order valence-corrected chi connectivity index (χ3v) is 3.59. The molecule has 1 aromatic heterocycles. The molecule has 0 saturated heterocycles. The molecule has 0 aliphatic heterocycles. The van der Waals surface area contributed by atoms with Crippen LogP contribution in [0, 0.1) is 5.82 Å². The van der Waals surface area contributed by atoms with Gasteiger partial charge in [-0.3, -0.25) is 4.68 Å². The SMILES string of the molecule is CCc1nn(C)cc1NC(=O)Nc1cc(Br)c(F)cc1OC. The van der Waals surface area contributed by atoms with Crippen molar-refractivity contribution in [2.24, 2.45) is 7.05 Å². The van der Waals surface area contributed by atoms with Gasteiger partial charge in [0.1, 0.15) is 11.6 Å². The topological polar surface area (TPSA) is 68.2 Å². The van der Waals surface area contributed by atoms with Crippen molar-refractivity contribution in [3.63, 3.8) is 0 Å². The Kier molecular flexibility index (Phi) is 5.02. The molecule has 0 aliphatic carbocycles. The summed E-state index contributed by atoms with van der Waals surface area (Å²) in [5, 5.41) is 9.59. The molecule has 118 valence electrons. The fourth-order valence-electron chi connectivity index (χ4n) is 1.97. The van der Waals surface area contributed by atoms with E-state index in [9.17, 15) is 9.18 Å². The number of hydrogen-bond acceptors (Lipinski definition) is 3. The van der Waals surface area contributed by atoms with Crippen molar-refractivity contribution in [1.82, 2.24) is 9.78 Å². The van der Waals surface area contributed by atoms with E-state index in [0.29, 0.717) is 17.8 Å². The van der Waals surface area contributed by atoms with E-state index in [4.69, 9.17) is 4.74 Å². The molecule has 0 unspecified atom stereocenters. The van der Waals surface area contributed by atoms with Gasteiger partial charge in [0.25, 0.3) is 0 Å². The first-order chi connectivity index (χ1) is 10.4. The zero-order chi connectivity index (χ0) is 16.3. The average Bonchev–Trinajstić information content (AvgIpc) is 2.82. The number of aromatic nitrogens is 2. The second kappa shape index (κ2) is 6.78. The summed E-state index contributed by atoms with van der Waals surface area (Å²) in [6, 6.07) is 2.18. The van der Waals surface area contributed by atoms with E-state index in [0.717, 1.165) is 5.69 Å². The molecule has 0 bridgehead atoms. The van der Waals surface area contributed by atoms with Crippen molar-refractivity contribution in [3.05, 3.63) is 34.3 Å². The zero-order valence-corrected chi connectivity index (χ0v) is 14.0. The Morgan fingerprint density at radius 1 is 1.41 bits per heavy atom. The highest BCUT2D eigenvalue weighted by atomic mass is 79.9. The predicted molar refractivity (Wildman–Crippen MR) is 85.9 cm³/mol. The highest BCUT2D eigenvalue weighted by Crippen LogP contribution is 2.30. The van der Waals surface area contributed by atoms with Crippen molar-refractivity contribution in [3.8, 4) is 5.75 Å². The number of carbonyl (C=O) groups is 1. The molecule has 2 amide bonds. The first kappa shape index (κ1) is 16.3. The quantitative estimate of drug-likeness (QED) is 0.864. The Morgan fingerprint density at radius 3 is 2.73 bits per heavy atom. The first-order valence-corrected chi connectivity index (χ1v) is 7.37. The molecule has 1 aromatic carbocycles. The molecule has 2 N–H and O–H groups in total. The van der Waals surface area contributed by atoms with Gasteiger partial charge in [-0.15, -0.1) is 0 Å². The van der Waals surface area contributed by atoms with Crippen molar-refractivity contribution < 1.29 is 13.9 Å². The van der Waals surface area contributed by atoms with Crippen molar-refractivity contribution in [1.29, 1.82) is 0 Å². The van der Waals surface area contributed by atoms with E-state index < -0.39 is 11.8 Å². The molecular weight excluding hydrogens is 355 g/mol. The van der Waals surface area contributed by atoms with Crippen LogP contribution in [0.15, 0.2) is 22.8 Å². The van der Waals surface area contributed by atoms with E-state index in [-0.39, 0.29) is 10.2 Å². The van der Waals surface area contributed by atoms with Gasteiger partial charge in [0.2, 0.25) is 0 Å². The lowest BCUT2D eigenvalue weighted by Gasteiger charge is -2.12. The molecule has 6 nitrogen and oxygen atoms in total. The number of nitrogens with one attached hydrogen (secondary N) is 2. The number of halogens is 2. The lowest BCUT2D eigenvalue weighted by Crippen LogP contribution is -2.20. The van der Waals surface area contributed by atoms with Crippen LogP contribution in [0.3, 0.4) is 0 Å². The minimum absolute atomic E-state index is 0.234. The molecule has 2 rings (SSSR count). The third kappa shape index (κ3) is 3.56. The lowest BCUT2D eigenvalue weighted by atomic mass is 10.3. The smallest absolute Gasteiger partial charge is 0.323 e. The summed E-state index contributed by atoms with van der Waals surface area (Å²) in [7, 11) is 3.18. The predicted octanol–water partition coefficient (Wildman–Crippen LogP) is 3.54. The maximum Gasteiger partial charge on any atom is 0.323 e. The Hall–Kier alpha value is -2.09. The van der Waals surface area contributed by atoms with Crippen molar-refractivity contribution in [2.45, 2.75) is 13.3 Å². The Labute approximate surface area is 135 Å². The molecule has 0 radical (unpaired) electrons. The van der Waals surface area contributed by atoms with Crippen LogP contribution in [-0.4, -0.2) is 22.9 Å². The second-order valence-electron chi connectivity index (χ2n) is 4.56. The highest BCUT2D eigenvalue weighted by Gasteiger charge is 2.14. The van der Waals surface area contributed by atoms with Crippen molar-refractivity contribution in [2.75, 3.05) is 17.7 Å². The standard InChI is InChI=1S/C14H16BrFN4O2/c1-4-10-12(7-20(2)19-10)18-14(21)17-11-5-8(15)9(16)6-13(11)22-3/h5-7H,4H2,1-3H3,(H2,17,18,21). The number of rotatable bonds is 4. The fourth-order valence-corrected chi connectivity index (χ4v) is 2.31. The van der Waals surface area contributed by atoms with Crippen LogP contribution >= 0.6 is 15.9 Å². The monoisotopic (exact) mass is 370 g/mol. The van der Waals surface area contributed by atoms with Crippen LogP contribution in [0.4, 0.5) is 20.6 Å². The fraction of sp³-hybridized carbons (Fsp3) is 0.286. The third-order valence-electron chi connectivity index (χ3n) is 2.98. The summed E-state index contributed by atoms with van der Waals surface area (Å²) < 4.78 is 20.4. The largest absolute Gasteiger partial charge is 0.494 e. The molecule has 2 aromatic rings. The highest BCUT2D eigenvalue weighted by molar-refractivity contribution is 9.10. The van der Waals surface area contributed by atoms with Gasteiger partial charge in [-0.05, 0) is 28.4 Å². The molecule has 0 saturated carbocycles. The summed E-state index contributed by atoms with van der Waals surface area (Å²) >= 11 is 3.08. The van der Waals surface area contributed by atoms with E-state index in [1.165, 1.54) is 19.2 Å². The summed E-state index contributed by atoms with van der Waals surface area (Å²) in [5.74, 6) is -0.235. The van der Waals surface area contributed by atoms with Crippen LogP contribution in [0.1, 0.15) is 12.6 Å². The Bertz CT molecular complexity index is 702. The molecule has 0 aliphatic rings. The molecule has 0 atom stereocenters. The molecule has 22 heavy (non-hydrogen) atoms. The normalized spacial score (nSPS) is 10.4. The van der Waals surface area contributed by atoms with E-state index in [1.807, 2.05) is 6.92 Å². The van der Waals surface area contributed by atoms with E-state index in [1.54, 1.807) is 17.9 Å². The van der Waals surface area contributed by atoms with Crippen LogP contribution in [0.25, 0.3) is 0 Å². The number of carbonyl (C=O) groups excluding carboxylic acids is 1. The van der Waals surface area contributed by atoms with E-state index >= 15 is 0 Å². The van der Waals surface area contributed by atoms with Gasteiger partial charge in [-0.2, -0.15) is 5.10 Å². The molecule has 8 heteroatoms. The second-order valence-corrected chi connectivity index (χ2v) is 5.42. The van der Waals surface area contributed by atoms with Crippen LogP contribution in [0.2, 0.25) is 0 Å². The molecule has 0 spiro atoms. The van der Waals surface area contributed by atoms with Crippen LogP contribution in [0.5, 0.6) is 5.75 Å². The molecule has 1 heterocycles. The van der Waals surface area contributed by atoms with Crippen molar-refractivity contribution >= 4 is 33.3 Å². The number of benzene rings is 1. The van der Waals surface area contributed by atoms with Gasteiger partial charge >= 0.3 is 6.03 Å². The van der Waals surface area contributed by atoms with Gasteiger partial charge in [0.05, 0.1) is 28.7 Å². The van der Waals surface area contributed by atoms with Crippen LogP contribution in [-0.2, 0) is 13.5 Å². The van der Waals surface area contributed by atoms with E-state index in [2.05, 4.69) is 31.7 Å². The summed E-state index contributed by atoms with van der Waals surface area (Å²) in [6.07, 6.45) is 2.41.